The summed E-state index contributed by atoms with van der Waals surface area (Å²) in [5.74, 6) is -0.601. The molecule has 1 fully saturated rings. The smallest absolute Gasteiger partial charge is 0.253 e. The molecule has 4 nitrogen and oxygen atoms in total. The van der Waals surface area contributed by atoms with Gasteiger partial charge in [0.15, 0.2) is 0 Å². The molecule has 0 atom stereocenters. The first-order chi connectivity index (χ1) is 10.2. The summed E-state index contributed by atoms with van der Waals surface area (Å²) in [4.78, 5) is 14.7. The van der Waals surface area contributed by atoms with Gasteiger partial charge in [-0.25, -0.2) is 4.39 Å². The normalized spacial score (nSPS) is 16.7. The van der Waals surface area contributed by atoms with Gasteiger partial charge >= 0.3 is 0 Å². The van der Waals surface area contributed by atoms with Crippen molar-refractivity contribution in [3.8, 4) is 0 Å². The van der Waals surface area contributed by atoms with Crippen molar-refractivity contribution in [3.63, 3.8) is 0 Å². The second-order valence-corrected chi connectivity index (χ2v) is 5.50. The van der Waals surface area contributed by atoms with E-state index in [9.17, 15) is 9.18 Å². The van der Waals surface area contributed by atoms with Crippen LogP contribution in [0, 0.1) is 5.82 Å². The minimum absolute atomic E-state index is 0.179. The highest BCUT2D eigenvalue weighted by atomic mass is 19.1. The van der Waals surface area contributed by atoms with Crippen molar-refractivity contribution < 1.29 is 9.18 Å². The predicted molar refractivity (Wildman–Crippen MR) is 83.2 cm³/mol. The van der Waals surface area contributed by atoms with Crippen molar-refractivity contribution in [2.75, 3.05) is 32.0 Å². The summed E-state index contributed by atoms with van der Waals surface area (Å²) in [6.45, 7) is 5.33. The number of benzene rings is 1. The summed E-state index contributed by atoms with van der Waals surface area (Å²) in [5, 5.41) is 5.79. The summed E-state index contributed by atoms with van der Waals surface area (Å²) in [7, 11) is 1.62. The number of rotatable bonds is 5. The van der Waals surface area contributed by atoms with Crippen molar-refractivity contribution >= 4 is 11.6 Å². The Morgan fingerprint density at radius 1 is 1.38 bits per heavy atom. The SMILES string of the molecule is CCCN1CCC(NC(=O)c2cccc(F)c2NC)CC1. The lowest BCUT2D eigenvalue weighted by molar-refractivity contribution is 0.0911. The highest BCUT2D eigenvalue weighted by Gasteiger charge is 2.22. The van der Waals surface area contributed by atoms with Gasteiger partial charge < -0.3 is 15.5 Å². The molecule has 0 saturated carbocycles. The van der Waals surface area contributed by atoms with Gasteiger partial charge in [-0.1, -0.05) is 13.0 Å². The van der Waals surface area contributed by atoms with E-state index in [0.29, 0.717) is 5.56 Å². The third-order valence-electron chi connectivity index (χ3n) is 3.97. The van der Waals surface area contributed by atoms with Crippen LogP contribution >= 0.6 is 0 Å². The fourth-order valence-corrected chi connectivity index (χ4v) is 2.85. The van der Waals surface area contributed by atoms with E-state index in [1.165, 1.54) is 6.07 Å². The van der Waals surface area contributed by atoms with Gasteiger partial charge in [0.25, 0.3) is 5.91 Å². The largest absolute Gasteiger partial charge is 0.385 e. The molecule has 1 aliphatic heterocycles. The van der Waals surface area contributed by atoms with E-state index >= 15 is 0 Å². The number of hydrogen-bond donors (Lipinski definition) is 2. The highest BCUT2D eigenvalue weighted by Crippen LogP contribution is 2.20. The Hall–Kier alpha value is -1.62. The number of piperidine rings is 1. The van der Waals surface area contributed by atoms with Gasteiger partial charge in [-0.15, -0.1) is 0 Å². The topological polar surface area (TPSA) is 44.4 Å². The van der Waals surface area contributed by atoms with Crippen LogP contribution in [0.4, 0.5) is 10.1 Å². The average molecular weight is 293 g/mol. The minimum atomic E-state index is -0.400. The maximum absolute atomic E-state index is 13.7. The molecule has 21 heavy (non-hydrogen) atoms. The molecule has 1 aliphatic rings. The summed E-state index contributed by atoms with van der Waals surface area (Å²) < 4.78 is 13.7. The molecule has 0 bridgehead atoms. The summed E-state index contributed by atoms with van der Waals surface area (Å²) >= 11 is 0. The molecule has 116 valence electrons. The Kier molecular flexibility index (Phi) is 5.56. The zero-order chi connectivity index (χ0) is 15.2. The first kappa shape index (κ1) is 15.8. The molecule has 0 radical (unpaired) electrons. The van der Waals surface area contributed by atoms with E-state index < -0.39 is 5.82 Å². The molecular weight excluding hydrogens is 269 g/mol. The molecule has 0 unspecified atom stereocenters. The number of nitrogens with one attached hydrogen (secondary N) is 2. The highest BCUT2D eigenvalue weighted by molar-refractivity contribution is 5.99. The standard InChI is InChI=1S/C16H24FN3O/c1-3-9-20-10-7-12(8-11-20)19-16(21)13-5-4-6-14(17)15(13)18-2/h4-6,12,18H,3,7-11H2,1-2H3,(H,19,21). The van der Waals surface area contributed by atoms with Crippen LogP contribution in [0.15, 0.2) is 18.2 Å². The number of halogens is 1. The molecule has 1 amide bonds. The Morgan fingerprint density at radius 2 is 2.10 bits per heavy atom. The molecule has 1 aromatic carbocycles. The molecule has 0 aliphatic carbocycles. The third kappa shape index (κ3) is 3.94. The second kappa shape index (κ2) is 7.41. The van der Waals surface area contributed by atoms with E-state index in [4.69, 9.17) is 0 Å². The van der Waals surface area contributed by atoms with E-state index in [2.05, 4.69) is 22.5 Å². The third-order valence-corrected chi connectivity index (χ3v) is 3.97. The fraction of sp³-hybridized carbons (Fsp3) is 0.562. The van der Waals surface area contributed by atoms with Crippen LogP contribution in [-0.4, -0.2) is 43.5 Å². The van der Waals surface area contributed by atoms with Gasteiger partial charge in [0.05, 0.1) is 11.3 Å². The van der Waals surface area contributed by atoms with Crippen molar-refractivity contribution in [2.24, 2.45) is 0 Å². The number of hydrogen-bond acceptors (Lipinski definition) is 3. The maximum atomic E-state index is 13.7. The lowest BCUT2D eigenvalue weighted by Crippen LogP contribution is -2.44. The van der Waals surface area contributed by atoms with Crippen LogP contribution in [0.1, 0.15) is 36.5 Å². The van der Waals surface area contributed by atoms with Crippen LogP contribution < -0.4 is 10.6 Å². The van der Waals surface area contributed by atoms with Gasteiger partial charge in [-0.2, -0.15) is 0 Å². The molecule has 0 aromatic heterocycles. The Morgan fingerprint density at radius 3 is 2.71 bits per heavy atom. The van der Waals surface area contributed by atoms with E-state index in [1.54, 1.807) is 19.2 Å². The fourth-order valence-electron chi connectivity index (χ4n) is 2.85. The van der Waals surface area contributed by atoms with Gasteiger partial charge in [-0.05, 0) is 37.9 Å². The van der Waals surface area contributed by atoms with Gasteiger partial charge in [-0.3, -0.25) is 4.79 Å². The molecule has 1 saturated heterocycles. The minimum Gasteiger partial charge on any atom is -0.385 e. The van der Waals surface area contributed by atoms with Gasteiger partial charge in [0, 0.05) is 26.2 Å². The first-order valence-electron chi connectivity index (χ1n) is 7.65. The van der Waals surface area contributed by atoms with Crippen molar-refractivity contribution in [1.29, 1.82) is 0 Å². The van der Waals surface area contributed by atoms with Crippen LogP contribution in [-0.2, 0) is 0 Å². The molecule has 1 heterocycles. The lowest BCUT2D eigenvalue weighted by Gasteiger charge is -2.32. The van der Waals surface area contributed by atoms with Crippen LogP contribution in [0.25, 0.3) is 0 Å². The number of nitrogens with zero attached hydrogens (tertiary/aromatic N) is 1. The van der Waals surface area contributed by atoms with Crippen LogP contribution in [0.2, 0.25) is 0 Å². The Bertz CT molecular complexity index is 484. The molecular formula is C16H24FN3O. The number of para-hydroxylation sites is 1. The number of likely N-dealkylation sites (tertiary alicyclic amines) is 1. The monoisotopic (exact) mass is 293 g/mol. The summed E-state index contributed by atoms with van der Waals surface area (Å²) in [6, 6.07) is 4.75. The summed E-state index contributed by atoms with van der Waals surface area (Å²) in [5.41, 5.74) is 0.631. The van der Waals surface area contributed by atoms with Crippen molar-refractivity contribution in [3.05, 3.63) is 29.6 Å². The molecule has 0 spiro atoms. The van der Waals surface area contributed by atoms with E-state index in [0.717, 1.165) is 38.9 Å². The number of amides is 1. The second-order valence-electron chi connectivity index (χ2n) is 5.50. The van der Waals surface area contributed by atoms with Crippen LogP contribution in [0.3, 0.4) is 0 Å². The van der Waals surface area contributed by atoms with Crippen LogP contribution in [0.5, 0.6) is 0 Å². The number of carbonyl (C=O) groups is 1. The average Bonchev–Trinajstić information content (AvgIpc) is 2.49. The molecule has 5 heteroatoms. The Balaban J connectivity index is 1.95. The maximum Gasteiger partial charge on any atom is 0.253 e. The van der Waals surface area contributed by atoms with Crippen molar-refractivity contribution in [2.45, 2.75) is 32.2 Å². The molecule has 2 rings (SSSR count). The predicted octanol–water partition coefficient (Wildman–Crippen LogP) is 2.47. The zero-order valence-electron chi connectivity index (χ0n) is 12.8. The molecule has 1 aromatic rings. The number of carbonyl (C=O) groups excluding carboxylic acids is 1. The molecule has 2 N–H and O–H groups in total. The van der Waals surface area contributed by atoms with E-state index in [-0.39, 0.29) is 17.6 Å². The van der Waals surface area contributed by atoms with Crippen molar-refractivity contribution in [1.82, 2.24) is 10.2 Å². The van der Waals surface area contributed by atoms with Gasteiger partial charge in [0.2, 0.25) is 0 Å². The Labute approximate surface area is 125 Å². The van der Waals surface area contributed by atoms with E-state index in [1.807, 2.05) is 0 Å². The number of anilines is 1. The zero-order valence-corrected chi connectivity index (χ0v) is 12.8. The van der Waals surface area contributed by atoms with Gasteiger partial charge in [0.1, 0.15) is 5.82 Å². The first-order valence-corrected chi connectivity index (χ1v) is 7.65. The summed E-state index contributed by atoms with van der Waals surface area (Å²) in [6.07, 6.45) is 3.07. The quantitative estimate of drug-likeness (QED) is 0.876. The lowest BCUT2D eigenvalue weighted by atomic mass is 10.0.